The van der Waals surface area contributed by atoms with Crippen LogP contribution >= 0.6 is 11.6 Å². The highest BCUT2D eigenvalue weighted by Crippen LogP contribution is 2.02. The number of hydrogen-bond acceptors (Lipinski definition) is 2. The minimum Gasteiger partial charge on any atom is -0.355 e. The molecule has 1 amide bonds. The number of pyridine rings is 1. The van der Waals surface area contributed by atoms with E-state index in [4.69, 9.17) is 11.6 Å². The molecule has 0 fully saturated rings. The molecular formula is C11H15ClN2O2. The summed E-state index contributed by atoms with van der Waals surface area (Å²) in [7, 11) is 0. The fourth-order valence-corrected chi connectivity index (χ4v) is 1.42. The first kappa shape index (κ1) is 12.8. The first-order chi connectivity index (χ1) is 7.63. The van der Waals surface area contributed by atoms with Crippen molar-refractivity contribution in [2.75, 3.05) is 6.54 Å². The fraction of sp³-hybridized carbons (Fsp3) is 0.455. The Morgan fingerprint density at radius 1 is 1.50 bits per heavy atom. The molecule has 1 aromatic heterocycles. The molecule has 4 nitrogen and oxygen atoms in total. The van der Waals surface area contributed by atoms with Crippen LogP contribution in [0.3, 0.4) is 0 Å². The summed E-state index contributed by atoms with van der Waals surface area (Å²) in [4.78, 5) is 22.8. The monoisotopic (exact) mass is 242 g/mol. The predicted molar refractivity (Wildman–Crippen MR) is 63.6 cm³/mol. The summed E-state index contributed by atoms with van der Waals surface area (Å²) in [6.07, 6.45) is 3.43. The zero-order valence-corrected chi connectivity index (χ0v) is 9.96. The first-order valence-electron chi connectivity index (χ1n) is 5.26. The van der Waals surface area contributed by atoms with Gasteiger partial charge < -0.3 is 9.88 Å². The van der Waals surface area contributed by atoms with E-state index in [0.717, 1.165) is 12.8 Å². The van der Waals surface area contributed by atoms with Crippen LogP contribution in [-0.4, -0.2) is 17.0 Å². The highest BCUT2D eigenvalue weighted by Gasteiger charge is 2.03. The lowest BCUT2D eigenvalue weighted by Crippen LogP contribution is -2.32. The van der Waals surface area contributed by atoms with Crippen LogP contribution in [0.25, 0.3) is 0 Å². The molecule has 1 heterocycles. The highest BCUT2D eigenvalue weighted by atomic mass is 35.5. The number of rotatable bonds is 5. The second-order valence-electron chi connectivity index (χ2n) is 3.52. The molecule has 1 rings (SSSR count). The van der Waals surface area contributed by atoms with Gasteiger partial charge in [0, 0.05) is 18.8 Å². The lowest BCUT2D eigenvalue weighted by molar-refractivity contribution is -0.121. The van der Waals surface area contributed by atoms with Crippen LogP contribution in [0.1, 0.15) is 19.8 Å². The summed E-state index contributed by atoms with van der Waals surface area (Å²) in [5.74, 6) is -0.169. The van der Waals surface area contributed by atoms with E-state index in [0.29, 0.717) is 11.6 Å². The lowest BCUT2D eigenvalue weighted by Gasteiger charge is -2.06. The van der Waals surface area contributed by atoms with Crippen LogP contribution in [0.2, 0.25) is 5.02 Å². The number of nitrogens with one attached hydrogen (secondary N) is 1. The van der Waals surface area contributed by atoms with E-state index in [1.165, 1.54) is 22.9 Å². The number of unbranched alkanes of at least 4 members (excludes halogenated alkanes) is 1. The van der Waals surface area contributed by atoms with Gasteiger partial charge in [0.15, 0.2) is 0 Å². The van der Waals surface area contributed by atoms with Crippen molar-refractivity contribution < 1.29 is 4.79 Å². The molecule has 0 unspecified atom stereocenters. The topological polar surface area (TPSA) is 51.1 Å². The Hall–Kier alpha value is -1.29. The van der Waals surface area contributed by atoms with Gasteiger partial charge in [-0.25, -0.2) is 0 Å². The van der Waals surface area contributed by atoms with E-state index < -0.39 is 0 Å². The molecule has 88 valence electrons. The highest BCUT2D eigenvalue weighted by molar-refractivity contribution is 6.30. The van der Waals surface area contributed by atoms with Crippen LogP contribution in [0.5, 0.6) is 0 Å². The molecule has 1 aromatic rings. The van der Waals surface area contributed by atoms with Crippen LogP contribution in [-0.2, 0) is 11.3 Å². The van der Waals surface area contributed by atoms with Crippen LogP contribution in [0.4, 0.5) is 0 Å². The zero-order valence-electron chi connectivity index (χ0n) is 9.20. The molecule has 0 bridgehead atoms. The molecule has 16 heavy (non-hydrogen) atoms. The molecule has 0 saturated heterocycles. The molecule has 0 aliphatic rings. The molecule has 0 radical (unpaired) electrons. The van der Waals surface area contributed by atoms with Gasteiger partial charge in [0.1, 0.15) is 6.54 Å². The summed E-state index contributed by atoms with van der Waals surface area (Å²) < 4.78 is 1.30. The summed E-state index contributed by atoms with van der Waals surface area (Å²) in [5.41, 5.74) is -0.227. The Morgan fingerprint density at radius 2 is 2.25 bits per heavy atom. The van der Waals surface area contributed by atoms with Crippen molar-refractivity contribution in [2.45, 2.75) is 26.3 Å². The minimum atomic E-state index is -0.227. The van der Waals surface area contributed by atoms with Crippen LogP contribution < -0.4 is 10.9 Å². The second kappa shape index (κ2) is 6.33. The van der Waals surface area contributed by atoms with E-state index in [-0.39, 0.29) is 18.0 Å². The summed E-state index contributed by atoms with van der Waals surface area (Å²) in [6, 6.07) is 2.86. The number of amides is 1. The van der Waals surface area contributed by atoms with Crippen LogP contribution in [0, 0.1) is 0 Å². The van der Waals surface area contributed by atoms with Gasteiger partial charge in [-0.05, 0) is 12.5 Å². The zero-order chi connectivity index (χ0) is 12.0. The van der Waals surface area contributed by atoms with Gasteiger partial charge in [-0.2, -0.15) is 0 Å². The van der Waals surface area contributed by atoms with Gasteiger partial charge >= 0.3 is 0 Å². The van der Waals surface area contributed by atoms with E-state index >= 15 is 0 Å². The SMILES string of the molecule is CCCCNC(=O)Cn1cc(Cl)ccc1=O. The van der Waals surface area contributed by atoms with Gasteiger partial charge in [0.05, 0.1) is 5.02 Å². The summed E-state index contributed by atoms with van der Waals surface area (Å²) in [5, 5.41) is 3.18. The smallest absolute Gasteiger partial charge is 0.251 e. The largest absolute Gasteiger partial charge is 0.355 e. The van der Waals surface area contributed by atoms with Gasteiger partial charge in [-0.1, -0.05) is 24.9 Å². The van der Waals surface area contributed by atoms with Crippen molar-refractivity contribution in [3.8, 4) is 0 Å². The van der Waals surface area contributed by atoms with Crippen molar-refractivity contribution in [2.24, 2.45) is 0 Å². The number of carbonyl (C=O) groups excluding carboxylic acids is 1. The maximum absolute atomic E-state index is 11.4. The predicted octanol–water partition coefficient (Wildman–Crippen LogP) is 1.42. The molecule has 1 N–H and O–H groups in total. The van der Waals surface area contributed by atoms with Gasteiger partial charge in [-0.15, -0.1) is 0 Å². The molecule has 0 saturated carbocycles. The third-order valence-corrected chi connectivity index (χ3v) is 2.34. The van der Waals surface area contributed by atoms with Crippen molar-refractivity contribution in [1.29, 1.82) is 0 Å². The van der Waals surface area contributed by atoms with Gasteiger partial charge in [0.25, 0.3) is 5.56 Å². The number of nitrogens with zero attached hydrogens (tertiary/aromatic N) is 1. The molecule has 0 aliphatic heterocycles. The summed E-state index contributed by atoms with van der Waals surface area (Å²) in [6.45, 7) is 2.71. The first-order valence-corrected chi connectivity index (χ1v) is 5.64. The van der Waals surface area contributed by atoms with Gasteiger partial charge in [-0.3, -0.25) is 9.59 Å². The molecule has 5 heteroatoms. The maximum Gasteiger partial charge on any atom is 0.251 e. The summed E-state index contributed by atoms with van der Waals surface area (Å²) >= 11 is 5.74. The number of halogens is 1. The Labute approximate surface area is 99.2 Å². The van der Waals surface area contributed by atoms with E-state index in [2.05, 4.69) is 5.32 Å². The molecule has 0 spiro atoms. The normalized spacial score (nSPS) is 10.1. The molecule has 0 aromatic carbocycles. The fourth-order valence-electron chi connectivity index (χ4n) is 1.24. The average Bonchev–Trinajstić information content (AvgIpc) is 2.24. The Bertz CT molecular complexity index is 415. The Morgan fingerprint density at radius 3 is 2.94 bits per heavy atom. The third kappa shape index (κ3) is 4.06. The van der Waals surface area contributed by atoms with Crippen molar-refractivity contribution in [1.82, 2.24) is 9.88 Å². The molecule has 0 aliphatic carbocycles. The number of hydrogen-bond donors (Lipinski definition) is 1. The Balaban J connectivity index is 2.56. The third-order valence-electron chi connectivity index (χ3n) is 2.11. The van der Waals surface area contributed by atoms with Crippen LogP contribution in [0.15, 0.2) is 23.1 Å². The quantitative estimate of drug-likeness (QED) is 0.794. The molecule has 0 atom stereocenters. The standard InChI is InChI=1S/C11H15ClN2O2/c1-2-3-6-13-10(15)8-14-7-9(12)4-5-11(14)16/h4-5,7H,2-3,6,8H2,1H3,(H,13,15). The van der Waals surface area contributed by atoms with Crippen molar-refractivity contribution in [3.63, 3.8) is 0 Å². The number of carbonyl (C=O) groups is 1. The minimum absolute atomic E-state index is 0.0170. The van der Waals surface area contributed by atoms with Crippen molar-refractivity contribution in [3.05, 3.63) is 33.7 Å². The average molecular weight is 243 g/mol. The van der Waals surface area contributed by atoms with E-state index in [1.807, 2.05) is 6.92 Å². The Kier molecular flexibility index (Phi) is 5.05. The maximum atomic E-state index is 11.4. The van der Waals surface area contributed by atoms with E-state index in [9.17, 15) is 9.59 Å². The second-order valence-corrected chi connectivity index (χ2v) is 3.95. The van der Waals surface area contributed by atoms with Crippen molar-refractivity contribution >= 4 is 17.5 Å². The molecular weight excluding hydrogens is 228 g/mol. The van der Waals surface area contributed by atoms with E-state index in [1.54, 1.807) is 0 Å². The lowest BCUT2D eigenvalue weighted by atomic mass is 10.3. The van der Waals surface area contributed by atoms with Gasteiger partial charge in [0.2, 0.25) is 5.91 Å². The number of aromatic nitrogens is 1.